The fourth-order valence-corrected chi connectivity index (χ4v) is 4.92. The summed E-state index contributed by atoms with van der Waals surface area (Å²) in [5.74, 6) is 0.761. The maximum Gasteiger partial charge on any atom is 0.333 e. The van der Waals surface area contributed by atoms with Gasteiger partial charge < -0.3 is 5.73 Å². The van der Waals surface area contributed by atoms with Gasteiger partial charge >= 0.3 is 10.3 Å². The molecule has 0 aliphatic heterocycles. The molecule has 0 heterocycles. The third-order valence-corrected chi connectivity index (χ3v) is 6.57. The Morgan fingerprint density at radius 2 is 1.75 bits per heavy atom. The standard InChI is InChI=1S/C16H25N.C6H13NO3S/c1-2-3-5-13-6-4-7-15(12-13)14-8-10-16(17)11-9-14;8-11(9,10)7-6-4-2-1-3-5-6/h4,6-7,12,14,16H,2-3,5,8-11,17H2,1H3;6-7H,1-5H2,(H,8,9,10). The Hall–Kier alpha value is -0.950. The van der Waals surface area contributed by atoms with E-state index < -0.39 is 10.3 Å². The molecule has 0 bridgehead atoms. The lowest BCUT2D eigenvalue weighted by molar-refractivity contribution is 0.389. The zero-order valence-corrected chi connectivity index (χ0v) is 18.1. The van der Waals surface area contributed by atoms with Gasteiger partial charge in [-0.25, -0.2) is 0 Å². The zero-order valence-electron chi connectivity index (χ0n) is 17.3. The SMILES string of the molecule is CCCCc1cccc(C2CCC(N)CC2)c1.O=S(=O)(O)NC1CCCCC1. The summed E-state index contributed by atoms with van der Waals surface area (Å²) in [7, 11) is -3.97. The average Bonchev–Trinajstić information content (AvgIpc) is 2.67. The molecule has 2 saturated carbocycles. The van der Waals surface area contributed by atoms with Crippen LogP contribution in [0.5, 0.6) is 0 Å². The van der Waals surface area contributed by atoms with Gasteiger partial charge in [0.1, 0.15) is 0 Å². The van der Waals surface area contributed by atoms with E-state index in [4.69, 9.17) is 10.3 Å². The molecule has 5 nitrogen and oxygen atoms in total. The van der Waals surface area contributed by atoms with Crippen molar-refractivity contribution in [2.24, 2.45) is 5.73 Å². The molecule has 6 heteroatoms. The van der Waals surface area contributed by atoms with Gasteiger partial charge in [-0.2, -0.15) is 13.1 Å². The maximum absolute atomic E-state index is 10.3. The molecule has 0 amide bonds. The fourth-order valence-electron chi connectivity index (χ4n) is 4.27. The van der Waals surface area contributed by atoms with Gasteiger partial charge in [-0.15, -0.1) is 0 Å². The number of hydrogen-bond acceptors (Lipinski definition) is 3. The molecule has 0 spiro atoms. The monoisotopic (exact) mass is 410 g/mol. The Morgan fingerprint density at radius 1 is 1.07 bits per heavy atom. The molecule has 1 aromatic carbocycles. The van der Waals surface area contributed by atoms with Crippen molar-refractivity contribution < 1.29 is 13.0 Å². The van der Waals surface area contributed by atoms with E-state index >= 15 is 0 Å². The molecule has 0 radical (unpaired) electrons. The number of nitrogens with one attached hydrogen (secondary N) is 1. The van der Waals surface area contributed by atoms with E-state index in [0.29, 0.717) is 6.04 Å². The Balaban J connectivity index is 0.000000221. The third kappa shape index (κ3) is 9.03. The minimum Gasteiger partial charge on any atom is -0.328 e. The van der Waals surface area contributed by atoms with Crippen molar-refractivity contribution in [2.45, 2.75) is 102 Å². The maximum atomic E-state index is 10.3. The summed E-state index contributed by atoms with van der Waals surface area (Å²) in [4.78, 5) is 0. The highest BCUT2D eigenvalue weighted by molar-refractivity contribution is 7.83. The van der Waals surface area contributed by atoms with E-state index in [-0.39, 0.29) is 6.04 Å². The molecular weight excluding hydrogens is 372 g/mol. The predicted octanol–water partition coefficient (Wildman–Crippen LogP) is 4.73. The molecule has 0 atom stereocenters. The molecule has 2 fully saturated rings. The number of hydrogen-bond donors (Lipinski definition) is 3. The first kappa shape index (κ1) is 23.3. The van der Waals surface area contributed by atoms with Gasteiger partial charge in [0.15, 0.2) is 0 Å². The molecule has 2 aliphatic carbocycles. The summed E-state index contributed by atoms with van der Waals surface area (Å²) in [5.41, 5.74) is 9.03. The van der Waals surface area contributed by atoms with Crippen LogP contribution >= 0.6 is 0 Å². The first-order valence-corrected chi connectivity index (χ1v) is 12.4. The summed E-state index contributed by atoms with van der Waals surface area (Å²) in [6, 6.07) is 9.64. The van der Waals surface area contributed by atoms with Gasteiger partial charge in [0.05, 0.1) is 0 Å². The summed E-state index contributed by atoms with van der Waals surface area (Å²) < 4.78 is 31.3. The van der Waals surface area contributed by atoms with Crippen molar-refractivity contribution >= 4 is 10.3 Å². The number of unbranched alkanes of at least 4 members (excludes halogenated alkanes) is 1. The number of nitrogens with two attached hydrogens (primary N) is 1. The molecule has 4 N–H and O–H groups in total. The summed E-state index contributed by atoms with van der Waals surface area (Å²) in [6.45, 7) is 2.26. The summed E-state index contributed by atoms with van der Waals surface area (Å²) in [5, 5.41) is 0. The van der Waals surface area contributed by atoms with Gasteiger partial charge in [-0.1, -0.05) is 56.9 Å². The van der Waals surface area contributed by atoms with Crippen LogP contribution in [0.25, 0.3) is 0 Å². The van der Waals surface area contributed by atoms with E-state index in [1.165, 1.54) is 56.9 Å². The van der Waals surface area contributed by atoms with Crippen LogP contribution in [0, 0.1) is 0 Å². The van der Waals surface area contributed by atoms with E-state index in [1.807, 2.05) is 0 Å². The molecule has 160 valence electrons. The van der Waals surface area contributed by atoms with Gasteiger partial charge in [-0.05, 0) is 68.4 Å². The number of rotatable bonds is 6. The van der Waals surface area contributed by atoms with Crippen LogP contribution < -0.4 is 10.5 Å². The predicted molar refractivity (Wildman–Crippen MR) is 116 cm³/mol. The van der Waals surface area contributed by atoms with Crippen LogP contribution in [0.15, 0.2) is 24.3 Å². The smallest absolute Gasteiger partial charge is 0.328 e. The fraction of sp³-hybridized carbons (Fsp3) is 0.727. The van der Waals surface area contributed by atoms with Gasteiger partial charge in [0.2, 0.25) is 0 Å². The zero-order chi connectivity index (χ0) is 20.4. The van der Waals surface area contributed by atoms with Gasteiger partial charge in [0.25, 0.3) is 0 Å². The molecule has 3 rings (SSSR count). The Morgan fingerprint density at radius 3 is 2.36 bits per heavy atom. The number of benzene rings is 1. The van der Waals surface area contributed by atoms with Crippen molar-refractivity contribution in [2.75, 3.05) is 0 Å². The molecule has 0 aromatic heterocycles. The molecule has 1 aromatic rings. The van der Waals surface area contributed by atoms with Crippen molar-refractivity contribution in [1.82, 2.24) is 4.72 Å². The second-order valence-electron chi connectivity index (χ2n) is 8.39. The summed E-state index contributed by atoms with van der Waals surface area (Å²) in [6.07, 6.45) is 13.7. The molecule has 0 saturated heterocycles. The van der Waals surface area contributed by atoms with Crippen LogP contribution in [0.2, 0.25) is 0 Å². The summed E-state index contributed by atoms with van der Waals surface area (Å²) >= 11 is 0. The highest BCUT2D eigenvalue weighted by atomic mass is 32.2. The lowest BCUT2D eigenvalue weighted by Gasteiger charge is -2.26. The Labute approximate surface area is 171 Å². The minimum atomic E-state index is -3.97. The molecule has 28 heavy (non-hydrogen) atoms. The van der Waals surface area contributed by atoms with Crippen molar-refractivity contribution in [1.29, 1.82) is 0 Å². The van der Waals surface area contributed by atoms with Gasteiger partial charge in [-0.3, -0.25) is 4.55 Å². The largest absolute Gasteiger partial charge is 0.333 e. The molecule has 0 unspecified atom stereocenters. The Bertz CT molecular complexity index is 664. The molecular formula is C22H38N2O3S. The van der Waals surface area contributed by atoms with Gasteiger partial charge in [0, 0.05) is 12.1 Å². The molecule has 2 aliphatic rings. The number of aryl methyl sites for hydroxylation is 1. The van der Waals surface area contributed by atoms with Crippen molar-refractivity contribution in [3.63, 3.8) is 0 Å². The highest BCUT2D eigenvalue weighted by Gasteiger charge is 2.20. The van der Waals surface area contributed by atoms with Crippen LogP contribution in [-0.4, -0.2) is 25.1 Å². The third-order valence-electron chi connectivity index (χ3n) is 5.93. The van der Waals surface area contributed by atoms with Crippen LogP contribution in [-0.2, 0) is 16.7 Å². The first-order chi connectivity index (χ1) is 13.4. The average molecular weight is 411 g/mol. The van der Waals surface area contributed by atoms with Crippen LogP contribution in [0.4, 0.5) is 0 Å². The van der Waals surface area contributed by atoms with Crippen LogP contribution in [0.3, 0.4) is 0 Å². The Kier molecular flexibility index (Phi) is 9.92. The van der Waals surface area contributed by atoms with E-state index in [0.717, 1.165) is 31.6 Å². The highest BCUT2D eigenvalue weighted by Crippen LogP contribution is 2.32. The lowest BCUT2D eigenvalue weighted by atomic mass is 9.81. The second-order valence-corrected chi connectivity index (χ2v) is 9.57. The lowest BCUT2D eigenvalue weighted by Crippen LogP contribution is -2.35. The van der Waals surface area contributed by atoms with Crippen molar-refractivity contribution in [3.05, 3.63) is 35.4 Å². The van der Waals surface area contributed by atoms with E-state index in [1.54, 1.807) is 5.56 Å². The van der Waals surface area contributed by atoms with E-state index in [9.17, 15) is 8.42 Å². The topological polar surface area (TPSA) is 92.4 Å². The minimum absolute atomic E-state index is 0.0428. The first-order valence-electron chi connectivity index (χ1n) is 11.0. The normalized spacial score (nSPS) is 23.7. The van der Waals surface area contributed by atoms with E-state index in [2.05, 4.69) is 35.9 Å². The van der Waals surface area contributed by atoms with Crippen molar-refractivity contribution in [3.8, 4) is 0 Å². The quantitative estimate of drug-likeness (QED) is 0.591. The second kappa shape index (κ2) is 11.9. The van der Waals surface area contributed by atoms with Crippen LogP contribution in [0.1, 0.15) is 94.6 Å².